The molecule has 0 aliphatic heterocycles. The Kier molecular flexibility index (Phi) is 2.58. The number of hydrogen-bond acceptors (Lipinski definition) is 5. The Balaban J connectivity index is 2.89. The number of primary amides is 1. The van der Waals surface area contributed by atoms with E-state index in [0.717, 1.165) is 0 Å². The molecule has 0 aromatic carbocycles. The molecule has 70 valence electrons. The molecule has 0 spiro atoms. The van der Waals surface area contributed by atoms with Gasteiger partial charge in [0.05, 0.1) is 13.5 Å². The third-order valence-corrected chi connectivity index (χ3v) is 1.34. The fourth-order valence-corrected chi connectivity index (χ4v) is 0.801. The number of esters is 1. The van der Waals surface area contributed by atoms with Crippen LogP contribution in [-0.4, -0.2) is 34.4 Å². The summed E-state index contributed by atoms with van der Waals surface area (Å²) in [5.41, 5.74) is 5.10. The third-order valence-electron chi connectivity index (χ3n) is 1.34. The fourth-order valence-electron chi connectivity index (χ4n) is 0.801. The zero-order valence-electron chi connectivity index (χ0n) is 6.90. The highest BCUT2D eigenvalue weighted by atomic mass is 16.5. The second-order valence-electron chi connectivity index (χ2n) is 2.25. The number of aromatic amines is 1. The molecule has 1 aromatic heterocycles. The summed E-state index contributed by atoms with van der Waals surface area (Å²) in [6.45, 7) is 0. The number of hydrogen-bond donors (Lipinski definition) is 2. The summed E-state index contributed by atoms with van der Waals surface area (Å²) in [5, 5.41) is 9.32. The fraction of sp³-hybridized carbons (Fsp3) is 0.333. The van der Waals surface area contributed by atoms with Crippen LogP contribution in [0, 0.1) is 0 Å². The summed E-state index contributed by atoms with van der Waals surface area (Å²) in [6, 6.07) is 0. The van der Waals surface area contributed by atoms with Gasteiger partial charge in [-0.3, -0.25) is 4.79 Å². The van der Waals surface area contributed by atoms with Crippen molar-refractivity contribution in [2.75, 3.05) is 7.11 Å². The number of nitrogens with two attached hydrogens (primary N) is 1. The average Bonchev–Trinajstić information content (AvgIpc) is 2.50. The van der Waals surface area contributed by atoms with Crippen LogP contribution in [0.2, 0.25) is 0 Å². The first-order valence-electron chi connectivity index (χ1n) is 3.41. The Morgan fingerprint density at radius 2 is 2.23 bits per heavy atom. The second-order valence-corrected chi connectivity index (χ2v) is 2.25. The zero-order chi connectivity index (χ0) is 9.84. The van der Waals surface area contributed by atoms with Gasteiger partial charge in [-0.25, -0.2) is 4.79 Å². The molecule has 7 nitrogen and oxygen atoms in total. The Morgan fingerprint density at radius 1 is 1.54 bits per heavy atom. The molecule has 0 unspecified atom stereocenters. The molecule has 1 heterocycles. The van der Waals surface area contributed by atoms with E-state index in [4.69, 9.17) is 5.73 Å². The van der Waals surface area contributed by atoms with Crippen molar-refractivity contribution in [3.05, 3.63) is 11.4 Å². The van der Waals surface area contributed by atoms with E-state index in [9.17, 15) is 9.59 Å². The van der Waals surface area contributed by atoms with Crippen LogP contribution >= 0.6 is 0 Å². The molecule has 0 radical (unpaired) electrons. The smallest absolute Gasteiger partial charge is 0.360 e. The standard InChI is InChI=1S/C6H8N4O3/c1-13-6(12)5-3(2-4(7)11)8-10-9-5/h2H2,1H3,(H2,7,11)(H,8,9,10). The van der Waals surface area contributed by atoms with Crippen molar-refractivity contribution < 1.29 is 14.3 Å². The highest BCUT2D eigenvalue weighted by Gasteiger charge is 2.17. The first kappa shape index (κ1) is 9.17. The van der Waals surface area contributed by atoms with Gasteiger partial charge in [-0.15, -0.1) is 5.10 Å². The number of nitrogens with one attached hydrogen (secondary N) is 1. The van der Waals surface area contributed by atoms with E-state index in [2.05, 4.69) is 20.1 Å². The predicted octanol–water partition coefficient (Wildman–Crippen LogP) is -1.38. The van der Waals surface area contributed by atoms with Crippen molar-refractivity contribution in [3.8, 4) is 0 Å². The topological polar surface area (TPSA) is 111 Å². The molecular weight excluding hydrogens is 176 g/mol. The molecule has 0 bridgehead atoms. The van der Waals surface area contributed by atoms with E-state index in [0.29, 0.717) is 0 Å². The number of methoxy groups -OCH3 is 1. The van der Waals surface area contributed by atoms with Crippen LogP contribution in [0.4, 0.5) is 0 Å². The van der Waals surface area contributed by atoms with Gasteiger partial charge in [0.25, 0.3) is 0 Å². The molecule has 13 heavy (non-hydrogen) atoms. The average molecular weight is 184 g/mol. The molecule has 0 saturated carbocycles. The van der Waals surface area contributed by atoms with Gasteiger partial charge in [-0.1, -0.05) is 0 Å². The normalized spacial score (nSPS) is 9.62. The second kappa shape index (κ2) is 3.65. The third kappa shape index (κ3) is 2.01. The lowest BCUT2D eigenvalue weighted by Crippen LogP contribution is -2.16. The predicted molar refractivity (Wildman–Crippen MR) is 40.6 cm³/mol. The van der Waals surface area contributed by atoms with Crippen molar-refractivity contribution in [2.24, 2.45) is 5.73 Å². The maximum atomic E-state index is 11.0. The number of rotatable bonds is 3. The van der Waals surface area contributed by atoms with Gasteiger partial charge in [0, 0.05) is 0 Å². The maximum Gasteiger partial charge on any atom is 0.360 e. The molecule has 3 N–H and O–H groups in total. The Labute approximate surface area is 73.3 Å². The minimum atomic E-state index is -0.648. The molecule has 0 atom stereocenters. The van der Waals surface area contributed by atoms with Gasteiger partial charge in [-0.05, 0) is 0 Å². The van der Waals surface area contributed by atoms with Crippen LogP contribution in [0.5, 0.6) is 0 Å². The summed E-state index contributed by atoms with van der Waals surface area (Å²) in [6.07, 6.45) is -0.138. The number of aromatic nitrogens is 3. The molecule has 7 heteroatoms. The molecule has 0 fully saturated rings. The first-order chi connectivity index (χ1) is 6.15. The lowest BCUT2D eigenvalue weighted by Gasteiger charge is -1.95. The number of carbonyl (C=O) groups excluding carboxylic acids is 2. The Hall–Kier alpha value is -1.92. The van der Waals surface area contributed by atoms with E-state index in [1.165, 1.54) is 7.11 Å². The summed E-state index contributed by atoms with van der Waals surface area (Å²) in [5.74, 6) is -1.23. The van der Waals surface area contributed by atoms with Crippen molar-refractivity contribution >= 4 is 11.9 Å². The van der Waals surface area contributed by atoms with Gasteiger partial charge < -0.3 is 10.5 Å². The Bertz CT molecular complexity index is 332. The minimum absolute atomic E-state index is 0.0127. The lowest BCUT2D eigenvalue weighted by molar-refractivity contribution is -0.117. The van der Waals surface area contributed by atoms with Crippen molar-refractivity contribution in [1.29, 1.82) is 0 Å². The van der Waals surface area contributed by atoms with Gasteiger partial charge in [0.15, 0.2) is 5.69 Å². The molecule has 0 aliphatic carbocycles. The molecule has 1 aromatic rings. The van der Waals surface area contributed by atoms with Crippen molar-refractivity contribution in [2.45, 2.75) is 6.42 Å². The zero-order valence-corrected chi connectivity index (χ0v) is 6.90. The number of ether oxygens (including phenoxy) is 1. The SMILES string of the molecule is COC(=O)c1n[nH]nc1CC(N)=O. The van der Waals surface area contributed by atoms with Gasteiger partial charge in [0.1, 0.15) is 5.69 Å². The minimum Gasteiger partial charge on any atom is -0.464 e. The molecule has 0 saturated heterocycles. The van der Waals surface area contributed by atoms with E-state index >= 15 is 0 Å². The largest absolute Gasteiger partial charge is 0.464 e. The number of amides is 1. The van der Waals surface area contributed by atoms with Crippen molar-refractivity contribution in [1.82, 2.24) is 15.4 Å². The maximum absolute atomic E-state index is 11.0. The first-order valence-corrected chi connectivity index (χ1v) is 3.41. The lowest BCUT2D eigenvalue weighted by atomic mass is 10.2. The van der Waals surface area contributed by atoms with Gasteiger partial charge in [-0.2, -0.15) is 10.3 Å². The van der Waals surface area contributed by atoms with Gasteiger partial charge in [0.2, 0.25) is 5.91 Å². The number of H-pyrrole nitrogens is 1. The van der Waals surface area contributed by atoms with E-state index < -0.39 is 11.9 Å². The van der Waals surface area contributed by atoms with Crippen LogP contribution in [0.1, 0.15) is 16.2 Å². The molecule has 1 rings (SSSR count). The quantitative estimate of drug-likeness (QED) is 0.562. The summed E-state index contributed by atoms with van der Waals surface area (Å²) in [7, 11) is 1.21. The molecule has 1 amide bonds. The highest BCUT2D eigenvalue weighted by Crippen LogP contribution is 2.02. The monoisotopic (exact) mass is 184 g/mol. The number of carbonyl (C=O) groups is 2. The molecule has 0 aliphatic rings. The Morgan fingerprint density at radius 3 is 2.77 bits per heavy atom. The highest BCUT2D eigenvalue weighted by molar-refractivity contribution is 5.90. The summed E-state index contributed by atoms with van der Waals surface area (Å²) >= 11 is 0. The number of nitrogens with zero attached hydrogens (tertiary/aromatic N) is 2. The van der Waals surface area contributed by atoms with Crippen LogP contribution < -0.4 is 5.73 Å². The van der Waals surface area contributed by atoms with Crippen LogP contribution in [0.15, 0.2) is 0 Å². The molecular formula is C6H8N4O3. The van der Waals surface area contributed by atoms with E-state index in [1.807, 2.05) is 0 Å². The summed E-state index contributed by atoms with van der Waals surface area (Å²) < 4.78 is 4.40. The van der Waals surface area contributed by atoms with Gasteiger partial charge >= 0.3 is 5.97 Å². The summed E-state index contributed by atoms with van der Waals surface area (Å²) in [4.78, 5) is 21.5. The van der Waals surface area contributed by atoms with Crippen LogP contribution in [-0.2, 0) is 16.0 Å². The van der Waals surface area contributed by atoms with Crippen LogP contribution in [0.3, 0.4) is 0 Å². The van der Waals surface area contributed by atoms with Crippen LogP contribution in [0.25, 0.3) is 0 Å². The van der Waals surface area contributed by atoms with Crippen molar-refractivity contribution in [3.63, 3.8) is 0 Å². The van der Waals surface area contributed by atoms with E-state index in [-0.39, 0.29) is 17.8 Å². The van der Waals surface area contributed by atoms with E-state index in [1.54, 1.807) is 0 Å².